The molecule has 0 saturated carbocycles. The normalized spacial score (nSPS) is 10.9. The molecule has 3 N–H and O–H groups in total. The van der Waals surface area contributed by atoms with Crippen molar-refractivity contribution in [2.75, 3.05) is 5.43 Å². The van der Waals surface area contributed by atoms with Crippen molar-refractivity contribution in [3.8, 4) is 0 Å². The average molecular weight is 310 g/mol. The fraction of sp³-hybridized carbons (Fsp3) is 0.308. The van der Waals surface area contributed by atoms with Crippen LogP contribution in [0.3, 0.4) is 0 Å². The molecule has 20 heavy (non-hydrogen) atoms. The Hall–Kier alpha value is -1.37. The first-order valence-corrected chi connectivity index (χ1v) is 7.35. The van der Waals surface area contributed by atoms with Crippen LogP contribution >= 0.6 is 23.4 Å². The van der Waals surface area contributed by atoms with Crippen molar-refractivity contribution in [3.05, 3.63) is 34.7 Å². The molecule has 0 fully saturated rings. The summed E-state index contributed by atoms with van der Waals surface area (Å²) in [5.41, 5.74) is 3.52. The van der Waals surface area contributed by atoms with Crippen LogP contribution in [0.15, 0.2) is 28.4 Å². The minimum absolute atomic E-state index is 0.222. The molecule has 0 spiro atoms. The SMILES string of the molecule is Cc1c(NN)nc(C(C)C)nc1Sc1ccc(Cl)cn1. The van der Waals surface area contributed by atoms with Crippen molar-refractivity contribution in [2.24, 2.45) is 5.84 Å². The Labute approximate surface area is 127 Å². The molecule has 106 valence electrons. The molecule has 0 aliphatic carbocycles. The second kappa shape index (κ2) is 6.39. The first-order valence-electron chi connectivity index (χ1n) is 6.15. The van der Waals surface area contributed by atoms with Gasteiger partial charge in [0.1, 0.15) is 21.7 Å². The molecule has 0 aliphatic heterocycles. The van der Waals surface area contributed by atoms with Crippen LogP contribution in [-0.2, 0) is 0 Å². The topological polar surface area (TPSA) is 76.7 Å². The van der Waals surface area contributed by atoms with E-state index in [0.29, 0.717) is 10.8 Å². The molecule has 2 aromatic heterocycles. The highest BCUT2D eigenvalue weighted by molar-refractivity contribution is 7.99. The van der Waals surface area contributed by atoms with E-state index in [1.807, 2.05) is 26.8 Å². The van der Waals surface area contributed by atoms with Crippen molar-refractivity contribution in [1.82, 2.24) is 15.0 Å². The standard InChI is InChI=1S/C13H16ClN5S/c1-7(2)11-17-12(19-15)8(3)13(18-11)20-10-5-4-9(14)6-16-10/h4-7H,15H2,1-3H3,(H,17,18,19). The van der Waals surface area contributed by atoms with Gasteiger partial charge in [-0.1, -0.05) is 25.4 Å². The van der Waals surface area contributed by atoms with Crippen LogP contribution in [0.25, 0.3) is 0 Å². The minimum Gasteiger partial charge on any atom is -0.308 e. The summed E-state index contributed by atoms with van der Waals surface area (Å²) >= 11 is 7.30. The summed E-state index contributed by atoms with van der Waals surface area (Å²) < 4.78 is 0. The Morgan fingerprint density at radius 2 is 2.05 bits per heavy atom. The van der Waals surface area contributed by atoms with Crippen LogP contribution in [-0.4, -0.2) is 15.0 Å². The van der Waals surface area contributed by atoms with Crippen LogP contribution in [0.4, 0.5) is 5.82 Å². The first-order chi connectivity index (χ1) is 9.51. The number of rotatable bonds is 4. The van der Waals surface area contributed by atoms with Gasteiger partial charge >= 0.3 is 0 Å². The van der Waals surface area contributed by atoms with Crippen LogP contribution in [0.1, 0.15) is 31.2 Å². The van der Waals surface area contributed by atoms with E-state index < -0.39 is 0 Å². The van der Waals surface area contributed by atoms with Gasteiger partial charge in [0.25, 0.3) is 0 Å². The number of hydrogen-bond donors (Lipinski definition) is 2. The minimum atomic E-state index is 0.222. The van der Waals surface area contributed by atoms with Gasteiger partial charge in [-0.2, -0.15) is 0 Å². The predicted octanol–water partition coefficient (Wildman–Crippen LogP) is 3.39. The third kappa shape index (κ3) is 3.39. The molecular weight excluding hydrogens is 294 g/mol. The lowest BCUT2D eigenvalue weighted by molar-refractivity contribution is 0.748. The fourth-order valence-corrected chi connectivity index (χ4v) is 2.47. The second-order valence-electron chi connectivity index (χ2n) is 4.58. The number of nitrogens with zero attached hydrogens (tertiary/aromatic N) is 3. The van der Waals surface area contributed by atoms with Gasteiger partial charge in [-0.25, -0.2) is 20.8 Å². The number of hydrazine groups is 1. The van der Waals surface area contributed by atoms with Crippen molar-refractivity contribution < 1.29 is 0 Å². The number of aromatic nitrogens is 3. The van der Waals surface area contributed by atoms with Gasteiger partial charge in [0.2, 0.25) is 0 Å². The van der Waals surface area contributed by atoms with Crippen molar-refractivity contribution >= 4 is 29.2 Å². The molecule has 0 amide bonds. The molecule has 2 rings (SSSR count). The zero-order chi connectivity index (χ0) is 14.7. The van der Waals surface area contributed by atoms with Crippen LogP contribution in [0, 0.1) is 6.92 Å². The Morgan fingerprint density at radius 1 is 1.30 bits per heavy atom. The summed E-state index contributed by atoms with van der Waals surface area (Å²) in [6.07, 6.45) is 1.62. The molecule has 2 heterocycles. The maximum Gasteiger partial charge on any atom is 0.147 e. The molecule has 0 atom stereocenters. The van der Waals surface area contributed by atoms with Gasteiger partial charge < -0.3 is 5.43 Å². The molecule has 0 unspecified atom stereocenters. The van der Waals surface area contributed by atoms with Gasteiger partial charge in [-0.3, -0.25) is 0 Å². The predicted molar refractivity (Wildman–Crippen MR) is 82.0 cm³/mol. The van der Waals surface area contributed by atoms with E-state index in [4.69, 9.17) is 17.4 Å². The number of halogens is 1. The molecule has 0 saturated heterocycles. The lowest BCUT2D eigenvalue weighted by Gasteiger charge is -2.13. The van der Waals surface area contributed by atoms with Crippen LogP contribution in [0.5, 0.6) is 0 Å². The fourth-order valence-electron chi connectivity index (χ4n) is 1.53. The van der Waals surface area contributed by atoms with E-state index in [1.54, 1.807) is 12.3 Å². The zero-order valence-electron chi connectivity index (χ0n) is 11.5. The van der Waals surface area contributed by atoms with Crippen molar-refractivity contribution in [2.45, 2.75) is 36.7 Å². The van der Waals surface area contributed by atoms with E-state index in [1.165, 1.54) is 11.8 Å². The monoisotopic (exact) mass is 309 g/mol. The molecule has 7 heteroatoms. The Balaban J connectivity index is 2.39. The molecule has 0 bridgehead atoms. The van der Waals surface area contributed by atoms with Gasteiger partial charge in [0.05, 0.1) is 5.02 Å². The van der Waals surface area contributed by atoms with Gasteiger partial charge in [0, 0.05) is 17.7 Å². The number of nitrogens with two attached hydrogens (primary N) is 1. The maximum atomic E-state index is 5.84. The van der Waals surface area contributed by atoms with E-state index in [9.17, 15) is 0 Å². The molecule has 0 aromatic carbocycles. The smallest absolute Gasteiger partial charge is 0.147 e. The average Bonchev–Trinajstić information content (AvgIpc) is 2.43. The van der Waals surface area contributed by atoms with E-state index in [0.717, 1.165) is 21.4 Å². The van der Waals surface area contributed by atoms with Crippen molar-refractivity contribution in [3.63, 3.8) is 0 Å². The largest absolute Gasteiger partial charge is 0.308 e. The number of nitrogen functional groups attached to an aromatic ring is 1. The summed E-state index contributed by atoms with van der Waals surface area (Å²) in [4.78, 5) is 13.2. The maximum absolute atomic E-state index is 5.84. The van der Waals surface area contributed by atoms with E-state index >= 15 is 0 Å². The van der Waals surface area contributed by atoms with Crippen molar-refractivity contribution in [1.29, 1.82) is 0 Å². The Morgan fingerprint density at radius 3 is 2.60 bits per heavy atom. The summed E-state index contributed by atoms with van der Waals surface area (Å²) in [5, 5.41) is 2.28. The number of pyridine rings is 1. The van der Waals surface area contributed by atoms with Gasteiger partial charge in [-0.15, -0.1) is 0 Å². The van der Waals surface area contributed by atoms with Gasteiger partial charge in [-0.05, 0) is 30.8 Å². The van der Waals surface area contributed by atoms with E-state index in [-0.39, 0.29) is 5.92 Å². The summed E-state index contributed by atoms with van der Waals surface area (Å²) in [6.45, 7) is 6.01. The highest BCUT2D eigenvalue weighted by atomic mass is 35.5. The first kappa shape index (κ1) is 15.0. The summed E-state index contributed by atoms with van der Waals surface area (Å²) in [7, 11) is 0. The number of hydrogen-bond acceptors (Lipinski definition) is 6. The summed E-state index contributed by atoms with van der Waals surface area (Å²) in [5.74, 6) is 7.13. The molecule has 2 aromatic rings. The number of anilines is 1. The van der Waals surface area contributed by atoms with Gasteiger partial charge in [0.15, 0.2) is 0 Å². The van der Waals surface area contributed by atoms with Crippen LogP contribution < -0.4 is 11.3 Å². The molecule has 5 nitrogen and oxygen atoms in total. The highest BCUT2D eigenvalue weighted by Crippen LogP contribution is 2.31. The quantitative estimate of drug-likeness (QED) is 0.512. The molecule has 0 aliphatic rings. The van der Waals surface area contributed by atoms with Crippen LogP contribution in [0.2, 0.25) is 5.02 Å². The Bertz CT molecular complexity index is 600. The molecular formula is C13H16ClN5S. The highest BCUT2D eigenvalue weighted by Gasteiger charge is 2.14. The zero-order valence-corrected chi connectivity index (χ0v) is 13.1. The Kier molecular flexibility index (Phi) is 4.80. The second-order valence-corrected chi connectivity index (χ2v) is 6.02. The lowest BCUT2D eigenvalue weighted by Crippen LogP contribution is -2.13. The third-order valence-electron chi connectivity index (χ3n) is 2.67. The van der Waals surface area contributed by atoms with E-state index in [2.05, 4.69) is 20.4 Å². The number of nitrogens with one attached hydrogen (secondary N) is 1. The third-order valence-corrected chi connectivity index (χ3v) is 3.94. The summed E-state index contributed by atoms with van der Waals surface area (Å²) in [6, 6.07) is 3.66. The lowest BCUT2D eigenvalue weighted by atomic mass is 10.2. The molecule has 0 radical (unpaired) electrons.